The van der Waals surface area contributed by atoms with E-state index in [2.05, 4.69) is 6.07 Å². The lowest BCUT2D eigenvalue weighted by Crippen LogP contribution is -2.09. The molecule has 8 heteroatoms. The van der Waals surface area contributed by atoms with Crippen molar-refractivity contribution in [2.24, 2.45) is 0 Å². The molecule has 1 aromatic carbocycles. The Bertz CT molecular complexity index is 1110. The molecule has 0 bridgehead atoms. The van der Waals surface area contributed by atoms with Crippen LogP contribution >= 0.6 is 11.8 Å². The third-order valence-electron chi connectivity index (χ3n) is 4.19. The minimum absolute atomic E-state index is 0.00537. The summed E-state index contributed by atoms with van der Waals surface area (Å²) in [4.78, 5) is 23.9. The summed E-state index contributed by atoms with van der Waals surface area (Å²) in [5.74, 6) is -0.290. The van der Waals surface area contributed by atoms with Gasteiger partial charge in [-0.1, -0.05) is 18.2 Å². The van der Waals surface area contributed by atoms with Gasteiger partial charge in [0.1, 0.15) is 11.8 Å². The fourth-order valence-corrected chi connectivity index (χ4v) is 4.09. The molecule has 7 nitrogen and oxygen atoms in total. The van der Waals surface area contributed by atoms with Crippen LogP contribution in [0.25, 0.3) is 5.52 Å². The number of benzene rings is 1. The minimum atomic E-state index is -0.534. The van der Waals surface area contributed by atoms with E-state index in [4.69, 9.17) is 4.74 Å². The zero-order chi connectivity index (χ0) is 20.3. The number of carbonyl (C=O) groups is 1. The van der Waals surface area contributed by atoms with Crippen molar-refractivity contribution in [1.82, 2.24) is 4.40 Å². The third kappa shape index (κ3) is 3.57. The Kier molecular flexibility index (Phi) is 5.66. The smallest absolute Gasteiger partial charge is 0.356 e. The van der Waals surface area contributed by atoms with E-state index >= 15 is 0 Å². The van der Waals surface area contributed by atoms with Gasteiger partial charge in [-0.25, -0.2) is 4.79 Å². The molecule has 0 saturated carbocycles. The van der Waals surface area contributed by atoms with Gasteiger partial charge in [-0.2, -0.15) is 5.26 Å². The standard InChI is InChI=1S/C20H17N3O4S/c1-3-27-20(24)18-19(15(11-21)17-10-13(2)8-9-22(17)18)28-12-14-6-4-5-7-16(14)23(25)26/h4-10H,3,12H2,1-2H3. The summed E-state index contributed by atoms with van der Waals surface area (Å²) in [5.41, 5.74) is 2.70. The molecule has 0 fully saturated rings. The molecule has 0 N–H and O–H groups in total. The fraction of sp³-hybridized carbons (Fsp3) is 0.200. The monoisotopic (exact) mass is 395 g/mol. The number of nitro groups is 1. The van der Waals surface area contributed by atoms with Crippen molar-refractivity contribution < 1.29 is 14.5 Å². The maximum absolute atomic E-state index is 12.6. The van der Waals surface area contributed by atoms with Crippen LogP contribution in [-0.4, -0.2) is 21.9 Å². The second-order valence-electron chi connectivity index (χ2n) is 6.02. The van der Waals surface area contributed by atoms with E-state index < -0.39 is 10.9 Å². The average Bonchev–Trinajstić information content (AvgIpc) is 2.99. The topological polar surface area (TPSA) is 97.6 Å². The highest BCUT2D eigenvalue weighted by Gasteiger charge is 2.25. The predicted octanol–water partition coefficient (Wildman–Crippen LogP) is 4.50. The lowest BCUT2D eigenvalue weighted by atomic mass is 10.2. The Morgan fingerprint density at radius 3 is 2.79 bits per heavy atom. The van der Waals surface area contributed by atoms with Crippen molar-refractivity contribution in [2.75, 3.05) is 6.61 Å². The maximum atomic E-state index is 12.6. The quantitative estimate of drug-likeness (QED) is 0.264. The summed E-state index contributed by atoms with van der Waals surface area (Å²) < 4.78 is 6.83. The normalized spacial score (nSPS) is 10.6. The maximum Gasteiger partial charge on any atom is 0.356 e. The highest BCUT2D eigenvalue weighted by molar-refractivity contribution is 7.98. The van der Waals surface area contributed by atoms with E-state index in [0.29, 0.717) is 21.5 Å². The number of pyridine rings is 1. The number of ether oxygens (including phenoxy) is 1. The molecule has 0 spiro atoms. The molecular weight excluding hydrogens is 378 g/mol. The predicted molar refractivity (Wildman–Crippen MR) is 105 cm³/mol. The van der Waals surface area contributed by atoms with Crippen LogP contribution in [0.1, 0.15) is 34.1 Å². The van der Waals surface area contributed by atoms with Crippen molar-refractivity contribution in [3.05, 3.63) is 75.1 Å². The van der Waals surface area contributed by atoms with Gasteiger partial charge in [-0.05, 0) is 31.5 Å². The summed E-state index contributed by atoms with van der Waals surface area (Å²) >= 11 is 1.22. The Morgan fingerprint density at radius 2 is 2.11 bits per heavy atom. The van der Waals surface area contributed by atoms with E-state index in [0.717, 1.165) is 5.56 Å². The Hall–Kier alpha value is -3.31. The van der Waals surface area contributed by atoms with Gasteiger partial charge in [-0.3, -0.25) is 10.1 Å². The number of nitro benzene ring substituents is 1. The molecule has 2 heterocycles. The van der Waals surface area contributed by atoms with Gasteiger partial charge in [0.2, 0.25) is 0 Å². The number of carbonyl (C=O) groups excluding carboxylic acids is 1. The number of rotatable bonds is 6. The molecule has 3 rings (SSSR count). The minimum Gasteiger partial charge on any atom is -0.461 e. The van der Waals surface area contributed by atoms with Crippen molar-refractivity contribution in [3.8, 4) is 6.07 Å². The highest BCUT2D eigenvalue weighted by Crippen LogP contribution is 2.36. The number of nitrogens with zero attached hydrogens (tertiary/aromatic N) is 3. The van der Waals surface area contributed by atoms with E-state index in [1.165, 1.54) is 17.8 Å². The van der Waals surface area contributed by atoms with E-state index in [-0.39, 0.29) is 23.7 Å². The van der Waals surface area contributed by atoms with Crippen molar-refractivity contribution in [1.29, 1.82) is 5.26 Å². The van der Waals surface area contributed by atoms with Crippen molar-refractivity contribution in [2.45, 2.75) is 24.5 Å². The Balaban J connectivity index is 2.12. The number of aryl methyl sites for hydroxylation is 1. The zero-order valence-corrected chi connectivity index (χ0v) is 16.2. The lowest BCUT2D eigenvalue weighted by Gasteiger charge is -2.07. The number of thioether (sulfide) groups is 1. The summed E-state index contributed by atoms with van der Waals surface area (Å²) in [6.45, 7) is 3.82. The second kappa shape index (κ2) is 8.15. The number of para-hydroxylation sites is 1. The van der Waals surface area contributed by atoms with Crippen LogP contribution in [0.5, 0.6) is 0 Å². The molecule has 3 aromatic rings. The molecule has 0 aliphatic heterocycles. The molecule has 142 valence electrons. The fourth-order valence-electron chi connectivity index (χ4n) is 2.94. The Labute approximate surface area is 165 Å². The van der Waals surface area contributed by atoms with Crippen LogP contribution in [0.2, 0.25) is 0 Å². The van der Waals surface area contributed by atoms with Gasteiger partial charge < -0.3 is 9.14 Å². The number of aromatic nitrogens is 1. The van der Waals surface area contributed by atoms with Crippen LogP contribution in [0, 0.1) is 28.4 Å². The van der Waals surface area contributed by atoms with Crippen molar-refractivity contribution >= 4 is 28.9 Å². The molecule has 0 saturated heterocycles. The molecule has 0 atom stereocenters. The Morgan fingerprint density at radius 1 is 1.36 bits per heavy atom. The lowest BCUT2D eigenvalue weighted by molar-refractivity contribution is -0.385. The SMILES string of the molecule is CCOC(=O)c1c(SCc2ccccc2[N+](=O)[O-])c(C#N)c2cc(C)ccn12. The largest absolute Gasteiger partial charge is 0.461 e. The summed E-state index contributed by atoms with van der Waals surface area (Å²) in [6, 6.07) is 12.3. The van der Waals surface area contributed by atoms with E-state index in [1.807, 2.05) is 19.1 Å². The summed E-state index contributed by atoms with van der Waals surface area (Å²) in [6.07, 6.45) is 1.73. The zero-order valence-electron chi connectivity index (χ0n) is 15.3. The first-order valence-electron chi connectivity index (χ1n) is 8.54. The number of nitriles is 1. The first-order chi connectivity index (χ1) is 13.5. The second-order valence-corrected chi connectivity index (χ2v) is 7.00. The average molecular weight is 395 g/mol. The summed E-state index contributed by atoms with van der Waals surface area (Å²) in [5, 5.41) is 21.0. The summed E-state index contributed by atoms with van der Waals surface area (Å²) in [7, 11) is 0. The molecule has 2 aromatic heterocycles. The number of hydrogen-bond acceptors (Lipinski definition) is 6. The first-order valence-corrected chi connectivity index (χ1v) is 9.53. The van der Waals surface area contributed by atoms with Gasteiger partial charge in [0.05, 0.1) is 27.5 Å². The highest BCUT2D eigenvalue weighted by atomic mass is 32.2. The van der Waals surface area contributed by atoms with Crippen molar-refractivity contribution in [3.63, 3.8) is 0 Å². The van der Waals surface area contributed by atoms with Crippen LogP contribution in [0.4, 0.5) is 5.69 Å². The van der Waals surface area contributed by atoms with Gasteiger partial charge in [-0.15, -0.1) is 11.8 Å². The van der Waals surface area contributed by atoms with E-state index in [9.17, 15) is 20.2 Å². The third-order valence-corrected chi connectivity index (χ3v) is 5.33. The molecular formula is C20H17N3O4S. The van der Waals surface area contributed by atoms with Gasteiger partial charge in [0.25, 0.3) is 5.69 Å². The van der Waals surface area contributed by atoms with Gasteiger partial charge in [0, 0.05) is 23.6 Å². The molecule has 28 heavy (non-hydrogen) atoms. The van der Waals surface area contributed by atoms with Crippen LogP contribution in [0.3, 0.4) is 0 Å². The molecule has 0 unspecified atom stereocenters. The van der Waals surface area contributed by atoms with E-state index in [1.54, 1.807) is 35.7 Å². The van der Waals surface area contributed by atoms with Crippen LogP contribution in [-0.2, 0) is 10.5 Å². The molecule has 0 amide bonds. The first kappa shape index (κ1) is 19.5. The number of hydrogen-bond donors (Lipinski definition) is 0. The molecule has 0 radical (unpaired) electrons. The number of esters is 1. The van der Waals surface area contributed by atoms with Gasteiger partial charge >= 0.3 is 5.97 Å². The van der Waals surface area contributed by atoms with Crippen LogP contribution in [0.15, 0.2) is 47.5 Å². The molecule has 0 aliphatic carbocycles. The molecule has 0 aliphatic rings. The van der Waals surface area contributed by atoms with Crippen LogP contribution < -0.4 is 0 Å². The van der Waals surface area contributed by atoms with Gasteiger partial charge in [0.15, 0.2) is 0 Å². The number of fused-ring (bicyclic) bond motifs is 1.